The zero-order valence-electron chi connectivity index (χ0n) is 10.3. The molecule has 0 aromatic heterocycles. The molecule has 0 radical (unpaired) electrons. The van der Waals surface area contributed by atoms with E-state index in [4.69, 9.17) is 0 Å². The van der Waals surface area contributed by atoms with Crippen molar-refractivity contribution in [2.45, 2.75) is 26.3 Å². The molecule has 0 saturated carbocycles. The third-order valence-corrected chi connectivity index (χ3v) is 1.92. The van der Waals surface area contributed by atoms with Crippen molar-refractivity contribution in [3.8, 4) is 0 Å². The number of nitrogens with one attached hydrogen (secondary N) is 1. The quantitative estimate of drug-likeness (QED) is 0.469. The van der Waals surface area contributed by atoms with Crippen molar-refractivity contribution in [2.24, 2.45) is 4.99 Å². The maximum Gasteiger partial charge on any atom is 0.128 e. The first-order chi connectivity index (χ1) is 7.53. The largest absolute Gasteiger partial charge is 0.365 e. The zero-order valence-corrected chi connectivity index (χ0v) is 10.3. The molecule has 2 nitrogen and oxygen atoms in total. The normalized spacial score (nSPS) is 12.3. The van der Waals surface area contributed by atoms with Crippen LogP contribution in [0.15, 0.2) is 48.0 Å². The van der Waals surface area contributed by atoms with Crippen molar-refractivity contribution in [1.29, 1.82) is 0 Å². The standard InChI is InChI=1S/C14H20N2/c1-5-11-15-13(16-14(2,3)4)12-9-7-6-8-10-12/h5-10H,1,11H2,2-4H3,(H,15,16). The topological polar surface area (TPSA) is 24.4 Å². The molecule has 0 saturated heterocycles. The zero-order chi connectivity index (χ0) is 12.0. The molecule has 0 fully saturated rings. The number of rotatable bonds is 3. The Morgan fingerprint density at radius 1 is 1.31 bits per heavy atom. The Morgan fingerprint density at radius 2 is 1.94 bits per heavy atom. The minimum atomic E-state index is 0.00977. The van der Waals surface area contributed by atoms with Crippen LogP contribution in [0.3, 0.4) is 0 Å². The van der Waals surface area contributed by atoms with Gasteiger partial charge in [-0.3, -0.25) is 4.99 Å². The molecule has 0 spiro atoms. The predicted octanol–water partition coefficient (Wildman–Crippen LogP) is 3.01. The molecule has 16 heavy (non-hydrogen) atoms. The highest BCUT2D eigenvalue weighted by atomic mass is 15.0. The van der Waals surface area contributed by atoms with E-state index >= 15 is 0 Å². The van der Waals surface area contributed by atoms with Crippen LogP contribution >= 0.6 is 0 Å². The molecular weight excluding hydrogens is 196 g/mol. The highest BCUT2D eigenvalue weighted by molar-refractivity contribution is 5.99. The Kier molecular flexibility index (Phi) is 4.29. The van der Waals surface area contributed by atoms with Gasteiger partial charge in [-0.25, -0.2) is 0 Å². The van der Waals surface area contributed by atoms with Crippen LogP contribution < -0.4 is 5.32 Å². The Balaban J connectivity index is 2.93. The molecule has 0 aliphatic rings. The van der Waals surface area contributed by atoms with Gasteiger partial charge in [-0.05, 0) is 20.8 Å². The second-order valence-electron chi connectivity index (χ2n) is 4.72. The Bertz CT molecular complexity index is 358. The lowest BCUT2D eigenvalue weighted by molar-refractivity contribution is 0.511. The van der Waals surface area contributed by atoms with Crippen LogP contribution in [-0.2, 0) is 0 Å². The third-order valence-electron chi connectivity index (χ3n) is 1.92. The van der Waals surface area contributed by atoms with Gasteiger partial charge in [0.1, 0.15) is 5.84 Å². The maximum atomic E-state index is 4.49. The minimum Gasteiger partial charge on any atom is -0.365 e. The van der Waals surface area contributed by atoms with Gasteiger partial charge in [0.05, 0.1) is 6.54 Å². The van der Waals surface area contributed by atoms with Gasteiger partial charge in [0, 0.05) is 11.1 Å². The number of hydrogen-bond acceptors (Lipinski definition) is 1. The fourth-order valence-electron chi connectivity index (χ4n) is 1.31. The first-order valence-corrected chi connectivity index (χ1v) is 5.52. The molecular formula is C14H20N2. The average Bonchev–Trinajstić information content (AvgIpc) is 2.24. The monoisotopic (exact) mass is 216 g/mol. The fourth-order valence-corrected chi connectivity index (χ4v) is 1.31. The van der Waals surface area contributed by atoms with E-state index in [1.807, 2.05) is 18.2 Å². The highest BCUT2D eigenvalue weighted by Gasteiger charge is 2.12. The summed E-state index contributed by atoms with van der Waals surface area (Å²) in [7, 11) is 0. The van der Waals surface area contributed by atoms with Crippen molar-refractivity contribution in [3.63, 3.8) is 0 Å². The molecule has 0 bridgehead atoms. The summed E-state index contributed by atoms with van der Waals surface area (Å²) in [5, 5.41) is 3.41. The molecule has 0 aliphatic carbocycles. The van der Waals surface area contributed by atoms with Crippen LogP contribution in [-0.4, -0.2) is 17.9 Å². The molecule has 1 N–H and O–H groups in total. The molecule has 0 amide bonds. The predicted molar refractivity (Wildman–Crippen MR) is 70.9 cm³/mol. The lowest BCUT2D eigenvalue weighted by Crippen LogP contribution is -2.41. The smallest absolute Gasteiger partial charge is 0.128 e. The third kappa shape index (κ3) is 4.30. The molecule has 0 atom stereocenters. The summed E-state index contributed by atoms with van der Waals surface area (Å²) in [5.41, 5.74) is 1.12. The Labute approximate surface area is 98.1 Å². The van der Waals surface area contributed by atoms with Crippen molar-refractivity contribution >= 4 is 5.84 Å². The van der Waals surface area contributed by atoms with E-state index in [2.05, 4.69) is 49.8 Å². The van der Waals surface area contributed by atoms with Gasteiger partial charge < -0.3 is 5.32 Å². The Morgan fingerprint density at radius 3 is 2.44 bits per heavy atom. The molecule has 0 aliphatic heterocycles. The van der Waals surface area contributed by atoms with E-state index < -0.39 is 0 Å². The molecule has 1 aromatic rings. The molecule has 0 unspecified atom stereocenters. The molecule has 1 rings (SSSR count). The highest BCUT2D eigenvalue weighted by Crippen LogP contribution is 2.05. The van der Waals surface area contributed by atoms with Gasteiger partial charge in [-0.2, -0.15) is 0 Å². The lowest BCUT2D eigenvalue weighted by Gasteiger charge is -2.23. The molecule has 1 aromatic carbocycles. The van der Waals surface area contributed by atoms with Crippen LogP contribution in [0.4, 0.5) is 0 Å². The summed E-state index contributed by atoms with van der Waals surface area (Å²) < 4.78 is 0. The number of benzene rings is 1. The summed E-state index contributed by atoms with van der Waals surface area (Å²) in [6.45, 7) is 10.7. The van der Waals surface area contributed by atoms with Crippen LogP contribution in [0.25, 0.3) is 0 Å². The minimum absolute atomic E-state index is 0.00977. The summed E-state index contributed by atoms with van der Waals surface area (Å²) in [6, 6.07) is 10.2. The Hall–Kier alpha value is -1.57. The summed E-state index contributed by atoms with van der Waals surface area (Å²) >= 11 is 0. The SMILES string of the molecule is C=CCN=C(NC(C)(C)C)c1ccccc1. The molecule has 86 valence electrons. The molecule has 2 heteroatoms. The molecule has 0 heterocycles. The first-order valence-electron chi connectivity index (χ1n) is 5.52. The van der Waals surface area contributed by atoms with E-state index in [9.17, 15) is 0 Å². The van der Waals surface area contributed by atoms with E-state index in [0.29, 0.717) is 6.54 Å². The average molecular weight is 216 g/mol. The number of amidine groups is 1. The van der Waals surface area contributed by atoms with E-state index in [1.54, 1.807) is 6.08 Å². The number of nitrogens with zero attached hydrogens (tertiary/aromatic N) is 1. The van der Waals surface area contributed by atoms with Crippen LogP contribution in [0.5, 0.6) is 0 Å². The van der Waals surface area contributed by atoms with Crippen LogP contribution in [0.1, 0.15) is 26.3 Å². The second-order valence-corrected chi connectivity index (χ2v) is 4.72. The van der Waals surface area contributed by atoms with Gasteiger partial charge in [0.25, 0.3) is 0 Å². The summed E-state index contributed by atoms with van der Waals surface area (Å²) in [4.78, 5) is 4.49. The maximum absolute atomic E-state index is 4.49. The lowest BCUT2D eigenvalue weighted by atomic mass is 10.1. The fraction of sp³-hybridized carbons (Fsp3) is 0.357. The van der Waals surface area contributed by atoms with Gasteiger partial charge >= 0.3 is 0 Å². The van der Waals surface area contributed by atoms with Gasteiger partial charge in [0.15, 0.2) is 0 Å². The van der Waals surface area contributed by atoms with Crippen LogP contribution in [0.2, 0.25) is 0 Å². The summed E-state index contributed by atoms with van der Waals surface area (Å²) in [6.07, 6.45) is 1.80. The summed E-state index contributed by atoms with van der Waals surface area (Å²) in [5.74, 6) is 0.924. The van der Waals surface area contributed by atoms with Gasteiger partial charge in [0.2, 0.25) is 0 Å². The second kappa shape index (κ2) is 5.50. The van der Waals surface area contributed by atoms with Crippen molar-refractivity contribution < 1.29 is 0 Å². The van der Waals surface area contributed by atoms with Crippen molar-refractivity contribution in [3.05, 3.63) is 48.6 Å². The van der Waals surface area contributed by atoms with E-state index in [1.165, 1.54) is 0 Å². The van der Waals surface area contributed by atoms with Crippen molar-refractivity contribution in [1.82, 2.24) is 5.32 Å². The number of aliphatic imine (C=N–C) groups is 1. The van der Waals surface area contributed by atoms with Gasteiger partial charge in [-0.15, -0.1) is 6.58 Å². The van der Waals surface area contributed by atoms with Crippen molar-refractivity contribution in [2.75, 3.05) is 6.54 Å². The van der Waals surface area contributed by atoms with E-state index in [0.717, 1.165) is 11.4 Å². The van der Waals surface area contributed by atoms with Gasteiger partial charge in [-0.1, -0.05) is 36.4 Å². The number of hydrogen-bond donors (Lipinski definition) is 1. The van der Waals surface area contributed by atoms with Crippen LogP contribution in [0, 0.1) is 0 Å². The van der Waals surface area contributed by atoms with E-state index in [-0.39, 0.29) is 5.54 Å². The first kappa shape index (κ1) is 12.5.